The molecule has 0 atom stereocenters. The van der Waals surface area contributed by atoms with Gasteiger partial charge in [-0.1, -0.05) is 17.7 Å². The van der Waals surface area contributed by atoms with Crippen molar-refractivity contribution in [1.82, 2.24) is 4.90 Å². The zero-order valence-corrected chi connectivity index (χ0v) is 17.6. The minimum Gasteiger partial charge on any atom is -0.495 e. The molecule has 1 heterocycles. The Labute approximate surface area is 177 Å². The van der Waals surface area contributed by atoms with E-state index < -0.39 is 0 Å². The lowest BCUT2D eigenvalue weighted by atomic mass is 10.2. The van der Waals surface area contributed by atoms with Gasteiger partial charge in [0.25, 0.3) is 11.1 Å². The van der Waals surface area contributed by atoms with Crippen LogP contribution in [0, 0.1) is 0 Å². The van der Waals surface area contributed by atoms with Crippen molar-refractivity contribution in [2.75, 3.05) is 33.3 Å². The molecule has 0 aromatic heterocycles. The minimum absolute atomic E-state index is 0.00928. The molecular formula is C20H19ClN2O5S. The molecule has 29 heavy (non-hydrogen) atoms. The second kappa shape index (κ2) is 9.11. The zero-order valence-electron chi connectivity index (χ0n) is 16.0. The summed E-state index contributed by atoms with van der Waals surface area (Å²) in [4.78, 5) is 26.5. The Morgan fingerprint density at radius 3 is 2.38 bits per heavy atom. The smallest absolute Gasteiger partial charge is 0.295 e. The first-order chi connectivity index (χ1) is 14.0. The molecule has 0 bridgehead atoms. The van der Waals surface area contributed by atoms with Crippen LogP contribution < -0.4 is 19.5 Å². The summed E-state index contributed by atoms with van der Waals surface area (Å²) in [6.07, 6.45) is 1.65. The molecule has 9 heteroatoms. The number of methoxy groups -OCH3 is 3. The van der Waals surface area contributed by atoms with Gasteiger partial charge in [0.05, 0.1) is 38.6 Å². The van der Waals surface area contributed by atoms with E-state index in [9.17, 15) is 9.59 Å². The highest BCUT2D eigenvalue weighted by Gasteiger charge is 2.35. The number of hydrogen-bond acceptors (Lipinski definition) is 7. The summed E-state index contributed by atoms with van der Waals surface area (Å²) in [6, 6.07) is 10.3. The van der Waals surface area contributed by atoms with Crippen molar-refractivity contribution >= 4 is 46.3 Å². The number of benzene rings is 2. The van der Waals surface area contributed by atoms with Gasteiger partial charge in [0, 0.05) is 5.02 Å². The predicted molar refractivity (Wildman–Crippen MR) is 114 cm³/mol. The first-order valence-corrected chi connectivity index (χ1v) is 9.71. The van der Waals surface area contributed by atoms with Gasteiger partial charge in [-0.2, -0.15) is 0 Å². The topological polar surface area (TPSA) is 77.1 Å². The predicted octanol–water partition coefficient (Wildman–Crippen LogP) is 4.47. The molecular weight excluding hydrogens is 416 g/mol. The van der Waals surface area contributed by atoms with Crippen LogP contribution in [0.25, 0.3) is 6.08 Å². The number of thioether (sulfide) groups is 1. The van der Waals surface area contributed by atoms with Gasteiger partial charge in [0.15, 0.2) is 11.5 Å². The number of anilines is 1. The quantitative estimate of drug-likeness (QED) is 0.644. The van der Waals surface area contributed by atoms with Crippen molar-refractivity contribution in [3.05, 3.63) is 51.9 Å². The number of nitrogens with zero attached hydrogens (tertiary/aromatic N) is 1. The fraction of sp³-hybridized carbons (Fsp3) is 0.200. The van der Waals surface area contributed by atoms with E-state index in [1.807, 2.05) is 0 Å². The summed E-state index contributed by atoms with van der Waals surface area (Å²) in [5.41, 5.74) is 1.31. The number of nitrogens with one attached hydrogen (secondary N) is 1. The van der Waals surface area contributed by atoms with Gasteiger partial charge in [0.2, 0.25) is 0 Å². The summed E-state index contributed by atoms with van der Waals surface area (Å²) in [5.74, 6) is 1.29. The molecule has 0 spiro atoms. The van der Waals surface area contributed by atoms with Crippen LogP contribution in [0.3, 0.4) is 0 Å². The molecule has 1 saturated heterocycles. The largest absolute Gasteiger partial charge is 0.495 e. The van der Waals surface area contributed by atoms with Crippen molar-refractivity contribution in [3.8, 4) is 17.2 Å². The van der Waals surface area contributed by atoms with Crippen LogP contribution in [0.5, 0.6) is 17.2 Å². The molecule has 0 unspecified atom stereocenters. The fourth-order valence-corrected chi connectivity index (χ4v) is 3.72. The summed E-state index contributed by atoms with van der Waals surface area (Å²) >= 11 is 6.89. The Bertz CT molecular complexity index is 979. The average Bonchev–Trinajstić information content (AvgIpc) is 2.99. The number of imide groups is 1. The molecule has 1 N–H and O–H groups in total. The number of hydrogen-bond donors (Lipinski definition) is 1. The molecule has 3 rings (SSSR count). The summed E-state index contributed by atoms with van der Waals surface area (Å²) < 4.78 is 15.7. The molecule has 0 aliphatic carbocycles. The van der Waals surface area contributed by atoms with E-state index in [1.165, 1.54) is 14.2 Å². The van der Waals surface area contributed by atoms with Crippen molar-refractivity contribution in [3.63, 3.8) is 0 Å². The summed E-state index contributed by atoms with van der Waals surface area (Å²) in [5, 5.41) is 3.17. The molecule has 2 aromatic rings. The first kappa shape index (κ1) is 20.9. The zero-order chi connectivity index (χ0) is 21.0. The van der Waals surface area contributed by atoms with E-state index in [4.69, 9.17) is 25.8 Å². The maximum Gasteiger partial charge on any atom is 0.295 e. The maximum atomic E-state index is 12.7. The Kier molecular flexibility index (Phi) is 6.56. The highest BCUT2D eigenvalue weighted by molar-refractivity contribution is 8.18. The third-order valence-electron chi connectivity index (χ3n) is 4.17. The van der Waals surface area contributed by atoms with Gasteiger partial charge in [-0.15, -0.1) is 0 Å². The standard InChI is InChI=1S/C20H19ClN2O5S/c1-26-15-7-5-13(21)10-14(15)22-11-23-19(24)18(29-20(23)25)9-12-4-6-16(27-2)17(8-12)28-3/h4-10,22H,11H2,1-3H3/b18-9+. The Hall–Kier alpha value is -2.84. The lowest BCUT2D eigenvalue weighted by Crippen LogP contribution is -2.33. The molecule has 1 aliphatic heterocycles. The van der Waals surface area contributed by atoms with Crippen molar-refractivity contribution < 1.29 is 23.8 Å². The van der Waals surface area contributed by atoms with Gasteiger partial charge in [0.1, 0.15) is 5.75 Å². The van der Waals surface area contributed by atoms with Gasteiger partial charge in [-0.05, 0) is 53.7 Å². The van der Waals surface area contributed by atoms with Crippen LogP contribution in [-0.2, 0) is 4.79 Å². The van der Waals surface area contributed by atoms with E-state index in [-0.39, 0.29) is 17.8 Å². The normalized spacial score (nSPS) is 15.0. The van der Waals surface area contributed by atoms with Gasteiger partial charge < -0.3 is 19.5 Å². The monoisotopic (exact) mass is 434 g/mol. The minimum atomic E-state index is -0.386. The molecule has 1 aliphatic rings. The van der Waals surface area contributed by atoms with Crippen LogP contribution in [0.15, 0.2) is 41.3 Å². The fourth-order valence-electron chi connectivity index (χ4n) is 2.71. The number of carbonyl (C=O) groups excluding carboxylic acids is 2. The summed E-state index contributed by atoms with van der Waals surface area (Å²) in [7, 11) is 4.61. The highest BCUT2D eigenvalue weighted by atomic mass is 35.5. The van der Waals surface area contributed by atoms with Crippen LogP contribution in [0.1, 0.15) is 5.56 Å². The van der Waals surface area contributed by atoms with Crippen LogP contribution >= 0.6 is 23.4 Å². The maximum absolute atomic E-state index is 12.7. The lowest BCUT2D eigenvalue weighted by Gasteiger charge is -2.16. The molecule has 0 saturated carbocycles. The van der Waals surface area contributed by atoms with Crippen molar-refractivity contribution in [2.45, 2.75) is 0 Å². The Morgan fingerprint density at radius 2 is 1.69 bits per heavy atom. The number of amides is 2. The van der Waals surface area contributed by atoms with Crippen LogP contribution in [0.4, 0.5) is 10.5 Å². The SMILES string of the molecule is COc1ccc(Cl)cc1NCN1C(=O)S/C(=C/c2ccc(OC)c(OC)c2)C1=O. The third-order valence-corrected chi connectivity index (χ3v) is 5.31. The average molecular weight is 435 g/mol. The third kappa shape index (κ3) is 4.60. The molecule has 2 aromatic carbocycles. The first-order valence-electron chi connectivity index (χ1n) is 8.51. The van der Waals surface area contributed by atoms with Crippen LogP contribution in [-0.4, -0.2) is 44.0 Å². The lowest BCUT2D eigenvalue weighted by molar-refractivity contribution is -0.122. The second-order valence-corrected chi connectivity index (χ2v) is 7.33. The van der Waals surface area contributed by atoms with Crippen molar-refractivity contribution in [1.29, 1.82) is 0 Å². The highest BCUT2D eigenvalue weighted by Crippen LogP contribution is 2.35. The van der Waals surface area contributed by atoms with Gasteiger partial charge in [-0.25, -0.2) is 0 Å². The van der Waals surface area contributed by atoms with E-state index in [0.717, 1.165) is 22.2 Å². The van der Waals surface area contributed by atoms with Gasteiger partial charge in [-0.3, -0.25) is 14.5 Å². The second-order valence-electron chi connectivity index (χ2n) is 5.90. The van der Waals surface area contributed by atoms with E-state index in [0.29, 0.717) is 32.9 Å². The molecule has 1 fully saturated rings. The van der Waals surface area contributed by atoms with Crippen LogP contribution in [0.2, 0.25) is 5.02 Å². The Balaban J connectivity index is 1.76. The summed E-state index contributed by atoms with van der Waals surface area (Å²) in [6.45, 7) is -0.00928. The van der Waals surface area contributed by atoms with E-state index in [1.54, 1.807) is 49.6 Å². The van der Waals surface area contributed by atoms with E-state index >= 15 is 0 Å². The number of ether oxygens (including phenoxy) is 3. The molecule has 152 valence electrons. The molecule has 0 radical (unpaired) electrons. The Morgan fingerprint density at radius 1 is 1.00 bits per heavy atom. The molecule has 7 nitrogen and oxygen atoms in total. The van der Waals surface area contributed by atoms with E-state index in [2.05, 4.69) is 5.32 Å². The van der Waals surface area contributed by atoms with Crippen molar-refractivity contribution in [2.24, 2.45) is 0 Å². The number of rotatable bonds is 7. The number of halogens is 1. The molecule has 2 amide bonds. The van der Waals surface area contributed by atoms with Gasteiger partial charge >= 0.3 is 0 Å². The number of carbonyl (C=O) groups is 2.